The van der Waals surface area contributed by atoms with Crippen molar-refractivity contribution in [2.24, 2.45) is 0 Å². The van der Waals surface area contributed by atoms with Gasteiger partial charge in [0.1, 0.15) is 5.75 Å². The molecule has 0 heterocycles. The van der Waals surface area contributed by atoms with Gasteiger partial charge in [-0.15, -0.1) is 0 Å². The zero-order valence-corrected chi connectivity index (χ0v) is 10.1. The molecular formula is C8H10BrNO3S. The Morgan fingerprint density at radius 2 is 2.07 bits per heavy atom. The molecule has 0 saturated heterocycles. The molecule has 1 N–H and O–H groups in total. The van der Waals surface area contributed by atoms with E-state index in [4.69, 9.17) is 4.74 Å². The van der Waals surface area contributed by atoms with E-state index in [1.807, 2.05) is 0 Å². The molecule has 0 aliphatic rings. The summed E-state index contributed by atoms with van der Waals surface area (Å²) in [5, 5.41) is 0. The van der Waals surface area contributed by atoms with Gasteiger partial charge in [0, 0.05) is 0 Å². The lowest BCUT2D eigenvalue weighted by atomic mass is 10.3. The van der Waals surface area contributed by atoms with E-state index in [0.717, 1.165) is 0 Å². The lowest BCUT2D eigenvalue weighted by Crippen LogP contribution is -2.18. The van der Waals surface area contributed by atoms with Gasteiger partial charge < -0.3 is 4.74 Å². The molecule has 0 aliphatic heterocycles. The van der Waals surface area contributed by atoms with Crippen LogP contribution in [0.15, 0.2) is 27.6 Å². The molecule has 0 aromatic heterocycles. The second-order valence-electron chi connectivity index (χ2n) is 2.50. The normalized spacial score (nSPS) is 11.4. The zero-order valence-electron chi connectivity index (χ0n) is 7.74. The van der Waals surface area contributed by atoms with E-state index in [0.29, 0.717) is 10.2 Å². The Balaban J connectivity index is 3.22. The molecule has 1 aromatic carbocycles. The Morgan fingerprint density at radius 3 is 2.50 bits per heavy atom. The van der Waals surface area contributed by atoms with Crippen LogP contribution in [0.3, 0.4) is 0 Å². The molecule has 1 aromatic rings. The summed E-state index contributed by atoms with van der Waals surface area (Å²) in [4.78, 5) is 0.202. The first-order chi connectivity index (χ1) is 6.51. The average molecular weight is 280 g/mol. The third-order valence-corrected chi connectivity index (χ3v) is 3.73. The van der Waals surface area contributed by atoms with Crippen molar-refractivity contribution in [3.05, 3.63) is 22.7 Å². The summed E-state index contributed by atoms with van der Waals surface area (Å²) in [7, 11) is -0.493. The summed E-state index contributed by atoms with van der Waals surface area (Å²) in [6.45, 7) is 0. The quantitative estimate of drug-likeness (QED) is 0.909. The number of hydrogen-bond acceptors (Lipinski definition) is 3. The molecule has 0 amide bonds. The van der Waals surface area contributed by atoms with Crippen LogP contribution in [-0.4, -0.2) is 22.6 Å². The Labute approximate surface area is 91.5 Å². The number of nitrogens with one attached hydrogen (secondary N) is 1. The molecule has 1 rings (SSSR count). The highest BCUT2D eigenvalue weighted by Crippen LogP contribution is 2.27. The molecule has 0 aliphatic carbocycles. The van der Waals surface area contributed by atoms with Crippen molar-refractivity contribution in [3.63, 3.8) is 0 Å². The third kappa shape index (κ3) is 2.26. The van der Waals surface area contributed by atoms with Crippen LogP contribution in [0.5, 0.6) is 5.75 Å². The van der Waals surface area contributed by atoms with Gasteiger partial charge in [0.15, 0.2) is 0 Å². The maximum Gasteiger partial charge on any atom is 0.240 e. The molecule has 0 unspecified atom stereocenters. The highest BCUT2D eigenvalue weighted by Gasteiger charge is 2.12. The van der Waals surface area contributed by atoms with Crippen LogP contribution in [0.4, 0.5) is 0 Å². The molecule has 0 radical (unpaired) electrons. The van der Waals surface area contributed by atoms with Gasteiger partial charge in [0.25, 0.3) is 0 Å². The SMILES string of the molecule is CNS(=O)(=O)c1ccc(OC)c(Br)c1. The highest BCUT2D eigenvalue weighted by atomic mass is 79.9. The van der Waals surface area contributed by atoms with Gasteiger partial charge in [-0.05, 0) is 41.2 Å². The Morgan fingerprint density at radius 1 is 1.43 bits per heavy atom. The second-order valence-corrected chi connectivity index (χ2v) is 5.24. The van der Waals surface area contributed by atoms with Crippen LogP contribution >= 0.6 is 15.9 Å². The van der Waals surface area contributed by atoms with E-state index >= 15 is 0 Å². The van der Waals surface area contributed by atoms with Gasteiger partial charge >= 0.3 is 0 Å². The number of methoxy groups -OCH3 is 1. The van der Waals surface area contributed by atoms with Gasteiger partial charge in [-0.2, -0.15) is 0 Å². The summed E-state index contributed by atoms with van der Waals surface area (Å²) in [6.07, 6.45) is 0. The predicted molar refractivity (Wildman–Crippen MR) is 56.9 cm³/mol. The van der Waals surface area contributed by atoms with Gasteiger partial charge in [-0.25, -0.2) is 13.1 Å². The predicted octanol–water partition coefficient (Wildman–Crippen LogP) is 1.37. The molecule has 78 valence electrons. The van der Waals surface area contributed by atoms with Crippen LogP contribution in [0, 0.1) is 0 Å². The molecule has 0 atom stereocenters. The van der Waals surface area contributed by atoms with Gasteiger partial charge in [-0.3, -0.25) is 0 Å². The van der Waals surface area contributed by atoms with E-state index in [9.17, 15) is 8.42 Å². The van der Waals surface area contributed by atoms with Crippen LogP contribution in [0.1, 0.15) is 0 Å². The van der Waals surface area contributed by atoms with Crippen LogP contribution in [-0.2, 0) is 10.0 Å². The molecule has 0 saturated carbocycles. The average Bonchev–Trinajstić information content (AvgIpc) is 2.17. The minimum absolute atomic E-state index is 0.202. The van der Waals surface area contributed by atoms with E-state index < -0.39 is 10.0 Å². The summed E-state index contributed by atoms with van der Waals surface area (Å²) in [5.41, 5.74) is 0. The standard InChI is InChI=1S/C8H10BrNO3S/c1-10-14(11,12)6-3-4-8(13-2)7(9)5-6/h3-5,10H,1-2H3. The lowest BCUT2D eigenvalue weighted by Gasteiger charge is -2.06. The molecule has 0 bridgehead atoms. The largest absolute Gasteiger partial charge is 0.496 e. The first-order valence-corrected chi connectivity index (χ1v) is 6.06. The number of benzene rings is 1. The molecule has 4 nitrogen and oxygen atoms in total. The summed E-state index contributed by atoms with van der Waals surface area (Å²) >= 11 is 3.21. The molecule has 0 spiro atoms. The van der Waals surface area contributed by atoms with Crippen molar-refractivity contribution in [1.29, 1.82) is 0 Å². The number of sulfonamides is 1. The van der Waals surface area contributed by atoms with Crippen LogP contribution < -0.4 is 9.46 Å². The smallest absolute Gasteiger partial charge is 0.240 e. The molecule has 6 heteroatoms. The van der Waals surface area contributed by atoms with Gasteiger partial charge in [0.05, 0.1) is 16.5 Å². The van der Waals surface area contributed by atoms with Crippen molar-refractivity contribution in [3.8, 4) is 5.75 Å². The summed E-state index contributed by atoms with van der Waals surface area (Å²) in [6, 6.07) is 4.56. The molecule has 14 heavy (non-hydrogen) atoms. The van der Waals surface area contributed by atoms with Crippen molar-refractivity contribution >= 4 is 26.0 Å². The summed E-state index contributed by atoms with van der Waals surface area (Å²) < 4.78 is 30.6. The number of ether oxygens (including phenoxy) is 1. The van der Waals surface area contributed by atoms with Crippen molar-refractivity contribution in [2.75, 3.05) is 14.2 Å². The number of halogens is 1. The Hall–Kier alpha value is -0.590. The van der Waals surface area contributed by atoms with Gasteiger partial charge in [-0.1, -0.05) is 0 Å². The second kappa shape index (κ2) is 4.29. The Kier molecular flexibility index (Phi) is 3.52. The first kappa shape index (κ1) is 11.5. The first-order valence-electron chi connectivity index (χ1n) is 3.78. The molecule has 0 fully saturated rings. The van der Waals surface area contributed by atoms with E-state index in [1.165, 1.54) is 26.3 Å². The van der Waals surface area contributed by atoms with E-state index in [-0.39, 0.29) is 4.90 Å². The monoisotopic (exact) mass is 279 g/mol. The third-order valence-electron chi connectivity index (χ3n) is 1.70. The van der Waals surface area contributed by atoms with Gasteiger partial charge in [0.2, 0.25) is 10.0 Å². The maximum atomic E-state index is 11.4. The van der Waals surface area contributed by atoms with Crippen LogP contribution in [0.2, 0.25) is 0 Å². The lowest BCUT2D eigenvalue weighted by molar-refractivity contribution is 0.411. The number of hydrogen-bond donors (Lipinski definition) is 1. The van der Waals surface area contributed by atoms with E-state index in [1.54, 1.807) is 6.07 Å². The summed E-state index contributed by atoms with van der Waals surface area (Å²) in [5.74, 6) is 0.597. The fraction of sp³-hybridized carbons (Fsp3) is 0.250. The highest BCUT2D eigenvalue weighted by molar-refractivity contribution is 9.10. The van der Waals surface area contributed by atoms with Crippen molar-refractivity contribution < 1.29 is 13.2 Å². The zero-order chi connectivity index (χ0) is 10.8. The van der Waals surface area contributed by atoms with Crippen LogP contribution in [0.25, 0.3) is 0 Å². The topological polar surface area (TPSA) is 55.4 Å². The molecular weight excluding hydrogens is 270 g/mol. The fourth-order valence-electron chi connectivity index (χ4n) is 0.932. The van der Waals surface area contributed by atoms with E-state index in [2.05, 4.69) is 20.7 Å². The minimum Gasteiger partial charge on any atom is -0.496 e. The van der Waals surface area contributed by atoms with Crippen molar-refractivity contribution in [1.82, 2.24) is 4.72 Å². The van der Waals surface area contributed by atoms with Crippen molar-refractivity contribution in [2.45, 2.75) is 4.90 Å². The fourth-order valence-corrected chi connectivity index (χ4v) is 2.38. The maximum absolute atomic E-state index is 11.4. The number of rotatable bonds is 3. The Bertz CT molecular complexity index is 430. The minimum atomic E-state index is -3.38.